The topological polar surface area (TPSA) is 88.0 Å². The van der Waals surface area contributed by atoms with E-state index < -0.39 is 23.5 Å². The van der Waals surface area contributed by atoms with Gasteiger partial charge in [-0.05, 0) is 6.92 Å². The molecule has 0 saturated heterocycles. The van der Waals surface area contributed by atoms with Crippen molar-refractivity contribution in [2.75, 3.05) is 0 Å². The largest absolute Gasteiger partial charge is 0.432 e. The van der Waals surface area contributed by atoms with Crippen molar-refractivity contribution in [1.82, 2.24) is 25.4 Å². The van der Waals surface area contributed by atoms with Crippen LogP contribution in [0.4, 0.5) is 13.2 Å². The number of hydrogen-bond donors (Lipinski definition) is 2. The maximum Gasteiger partial charge on any atom is 0.432 e. The molecule has 0 aliphatic carbocycles. The van der Waals surface area contributed by atoms with Crippen molar-refractivity contribution in [2.45, 2.75) is 13.1 Å². The van der Waals surface area contributed by atoms with Crippen LogP contribution in [-0.2, 0) is 13.2 Å². The summed E-state index contributed by atoms with van der Waals surface area (Å²) in [7, 11) is 1.73. The van der Waals surface area contributed by atoms with E-state index in [1.165, 1.54) is 6.21 Å². The van der Waals surface area contributed by atoms with Gasteiger partial charge in [0.2, 0.25) is 0 Å². The molecule has 7 nitrogen and oxygen atoms in total. The number of carbonyl (C=O) groups is 1. The third-order valence-electron chi connectivity index (χ3n) is 2.54. The van der Waals surface area contributed by atoms with Crippen LogP contribution in [0.2, 0.25) is 0 Å². The number of carbonyl (C=O) groups excluding carboxylic acids is 1. The average Bonchev–Trinajstić information content (AvgIpc) is 2.96. The predicted octanol–water partition coefficient (Wildman–Crippen LogP) is 1.23. The summed E-state index contributed by atoms with van der Waals surface area (Å²) >= 11 is 0. The minimum atomic E-state index is -4.58. The van der Waals surface area contributed by atoms with E-state index in [4.69, 9.17) is 0 Å². The molecule has 0 atom stereocenters. The molecule has 0 aromatic carbocycles. The van der Waals surface area contributed by atoms with E-state index in [0.717, 1.165) is 0 Å². The first kappa shape index (κ1) is 14.8. The lowest BCUT2D eigenvalue weighted by atomic mass is 10.3. The van der Waals surface area contributed by atoms with Gasteiger partial charge in [0.25, 0.3) is 5.91 Å². The Morgan fingerprint density at radius 3 is 2.76 bits per heavy atom. The number of nitrogens with one attached hydrogen (secondary N) is 2. The van der Waals surface area contributed by atoms with Gasteiger partial charge in [0.1, 0.15) is 5.69 Å². The molecule has 0 saturated carbocycles. The van der Waals surface area contributed by atoms with Crippen molar-refractivity contribution in [2.24, 2.45) is 12.1 Å². The molecule has 0 aliphatic heterocycles. The van der Waals surface area contributed by atoms with Gasteiger partial charge in [-0.3, -0.25) is 14.6 Å². The van der Waals surface area contributed by atoms with Crippen LogP contribution >= 0.6 is 0 Å². The Kier molecular flexibility index (Phi) is 3.78. The molecule has 10 heteroatoms. The van der Waals surface area contributed by atoms with Crippen LogP contribution in [0, 0.1) is 6.92 Å². The molecule has 21 heavy (non-hydrogen) atoms. The standard InChI is InChI=1S/C11H11F3N6O/c1-6-7(5-20(2)19-6)4-15-18-10(21)8-3-9(17-16-8)11(12,13)14/h3-5H,1-2H3,(H,16,17)(H,18,21). The molecule has 0 fully saturated rings. The Labute approximate surface area is 116 Å². The van der Waals surface area contributed by atoms with Gasteiger partial charge < -0.3 is 0 Å². The Bertz CT molecular complexity index is 684. The Balaban J connectivity index is 2.02. The molecule has 0 spiro atoms. The van der Waals surface area contributed by atoms with Crippen LogP contribution < -0.4 is 5.43 Å². The molecule has 2 rings (SSSR count). The second-order valence-corrected chi connectivity index (χ2v) is 4.21. The highest BCUT2D eigenvalue weighted by Crippen LogP contribution is 2.27. The number of aryl methyl sites for hydroxylation is 2. The first-order valence-corrected chi connectivity index (χ1v) is 5.73. The molecule has 0 bridgehead atoms. The van der Waals surface area contributed by atoms with Crippen LogP contribution in [0.1, 0.15) is 27.4 Å². The fourth-order valence-electron chi connectivity index (χ4n) is 1.55. The van der Waals surface area contributed by atoms with Crippen molar-refractivity contribution < 1.29 is 18.0 Å². The minimum Gasteiger partial charge on any atom is -0.275 e. The number of halogens is 3. The van der Waals surface area contributed by atoms with Gasteiger partial charge in [-0.1, -0.05) is 0 Å². The molecule has 2 heterocycles. The smallest absolute Gasteiger partial charge is 0.275 e. The van der Waals surface area contributed by atoms with E-state index in [2.05, 4.69) is 20.7 Å². The van der Waals surface area contributed by atoms with E-state index in [0.29, 0.717) is 17.3 Å². The lowest BCUT2D eigenvalue weighted by Crippen LogP contribution is -2.18. The number of rotatable bonds is 3. The van der Waals surface area contributed by atoms with E-state index in [9.17, 15) is 18.0 Å². The molecule has 0 radical (unpaired) electrons. The Morgan fingerprint density at radius 1 is 1.52 bits per heavy atom. The fraction of sp³-hybridized carbons (Fsp3) is 0.273. The molecule has 2 aromatic rings. The molecule has 2 aromatic heterocycles. The van der Waals surface area contributed by atoms with Crippen molar-refractivity contribution in [1.29, 1.82) is 0 Å². The summed E-state index contributed by atoms with van der Waals surface area (Å²) in [6.07, 6.45) is -1.56. The number of aromatic nitrogens is 4. The van der Waals surface area contributed by atoms with Gasteiger partial charge in [0, 0.05) is 24.9 Å². The van der Waals surface area contributed by atoms with E-state index in [1.54, 1.807) is 29.9 Å². The summed E-state index contributed by atoms with van der Waals surface area (Å²) in [5, 5.41) is 12.7. The molecule has 112 valence electrons. The molecular weight excluding hydrogens is 289 g/mol. The van der Waals surface area contributed by atoms with Crippen LogP contribution in [0.3, 0.4) is 0 Å². The van der Waals surface area contributed by atoms with E-state index in [-0.39, 0.29) is 0 Å². The van der Waals surface area contributed by atoms with Gasteiger partial charge in [0.05, 0.1) is 11.9 Å². The highest BCUT2D eigenvalue weighted by atomic mass is 19.4. The maximum atomic E-state index is 12.3. The monoisotopic (exact) mass is 300 g/mol. The minimum absolute atomic E-state index is 0.401. The summed E-state index contributed by atoms with van der Waals surface area (Å²) in [4.78, 5) is 11.6. The van der Waals surface area contributed by atoms with Gasteiger partial charge in [-0.15, -0.1) is 0 Å². The van der Waals surface area contributed by atoms with Crippen LogP contribution in [-0.4, -0.2) is 32.1 Å². The van der Waals surface area contributed by atoms with Crippen LogP contribution in [0.25, 0.3) is 0 Å². The first-order chi connectivity index (χ1) is 9.77. The summed E-state index contributed by atoms with van der Waals surface area (Å²) in [6, 6.07) is 0.611. The van der Waals surface area contributed by atoms with Crippen LogP contribution in [0.5, 0.6) is 0 Å². The number of nitrogens with zero attached hydrogens (tertiary/aromatic N) is 4. The molecule has 1 amide bonds. The van der Waals surface area contributed by atoms with Crippen molar-refractivity contribution in [3.8, 4) is 0 Å². The first-order valence-electron chi connectivity index (χ1n) is 5.73. The highest BCUT2D eigenvalue weighted by Gasteiger charge is 2.33. The number of alkyl halides is 3. The fourth-order valence-corrected chi connectivity index (χ4v) is 1.55. The maximum absolute atomic E-state index is 12.3. The molecular formula is C11H11F3N6O. The second kappa shape index (κ2) is 5.38. The van der Waals surface area contributed by atoms with E-state index in [1.807, 2.05) is 0 Å². The molecule has 0 unspecified atom stereocenters. The second-order valence-electron chi connectivity index (χ2n) is 4.21. The zero-order valence-electron chi connectivity index (χ0n) is 11.1. The highest BCUT2D eigenvalue weighted by molar-refractivity contribution is 5.93. The summed E-state index contributed by atoms with van der Waals surface area (Å²) < 4.78 is 38.6. The average molecular weight is 300 g/mol. The Morgan fingerprint density at radius 2 is 2.24 bits per heavy atom. The molecule has 0 aliphatic rings. The summed E-state index contributed by atoms with van der Waals surface area (Å²) in [6.45, 7) is 1.76. The summed E-state index contributed by atoms with van der Waals surface area (Å²) in [5.41, 5.74) is 1.97. The van der Waals surface area contributed by atoms with Crippen molar-refractivity contribution in [3.63, 3.8) is 0 Å². The lowest BCUT2D eigenvalue weighted by Gasteiger charge is -1.99. The molecule has 2 N–H and O–H groups in total. The SMILES string of the molecule is Cc1nn(C)cc1C=NNC(=O)c1cc(C(F)(F)F)[nH]n1. The quantitative estimate of drug-likeness (QED) is 0.660. The Hall–Kier alpha value is -2.65. The zero-order chi connectivity index (χ0) is 15.6. The number of hydrogen-bond acceptors (Lipinski definition) is 4. The number of H-pyrrole nitrogens is 1. The van der Waals surface area contributed by atoms with Gasteiger partial charge in [-0.2, -0.15) is 28.5 Å². The third-order valence-corrected chi connectivity index (χ3v) is 2.54. The third kappa shape index (κ3) is 3.46. The van der Waals surface area contributed by atoms with Gasteiger partial charge in [0.15, 0.2) is 5.69 Å². The number of aromatic amines is 1. The van der Waals surface area contributed by atoms with E-state index >= 15 is 0 Å². The number of hydrazone groups is 1. The van der Waals surface area contributed by atoms with Gasteiger partial charge in [-0.25, -0.2) is 5.43 Å². The van der Waals surface area contributed by atoms with Gasteiger partial charge >= 0.3 is 6.18 Å². The van der Waals surface area contributed by atoms with Crippen molar-refractivity contribution in [3.05, 3.63) is 34.9 Å². The number of amides is 1. The van der Waals surface area contributed by atoms with Crippen LogP contribution in [0.15, 0.2) is 17.4 Å². The lowest BCUT2D eigenvalue weighted by molar-refractivity contribution is -0.141. The zero-order valence-corrected chi connectivity index (χ0v) is 11.1. The summed E-state index contributed by atoms with van der Waals surface area (Å²) in [5.74, 6) is -0.848. The predicted molar refractivity (Wildman–Crippen MR) is 66.6 cm³/mol. The van der Waals surface area contributed by atoms with Crippen molar-refractivity contribution >= 4 is 12.1 Å². The normalized spacial score (nSPS) is 12.0.